The number of carbonyl (C=O) groups is 2. The van der Waals surface area contributed by atoms with E-state index in [4.69, 9.17) is 10.8 Å². The zero-order chi connectivity index (χ0) is 13.6. The first-order valence-corrected chi connectivity index (χ1v) is 6.10. The van der Waals surface area contributed by atoms with E-state index in [1.807, 2.05) is 25.1 Å². The van der Waals surface area contributed by atoms with E-state index >= 15 is 0 Å². The largest absolute Gasteiger partial charge is 0.480 e. The molecule has 1 unspecified atom stereocenters. The Hall–Kier alpha value is -1.68. The number of carbonyl (C=O) groups excluding carboxylic acids is 1. The van der Waals surface area contributed by atoms with E-state index in [2.05, 4.69) is 0 Å². The van der Waals surface area contributed by atoms with Crippen molar-refractivity contribution in [1.29, 1.82) is 0 Å². The van der Waals surface area contributed by atoms with Crippen molar-refractivity contribution in [3.05, 3.63) is 35.9 Å². The second-order valence-corrected chi connectivity index (χ2v) is 4.47. The monoisotopic (exact) mass is 249 g/mol. The van der Waals surface area contributed by atoms with Crippen LogP contribution in [0.2, 0.25) is 0 Å². The molecule has 0 bridgehead atoms. The summed E-state index contributed by atoms with van der Waals surface area (Å²) in [4.78, 5) is 23.3. The first kappa shape index (κ1) is 14.4. The molecular formula is C14H19NO3. The van der Waals surface area contributed by atoms with Crippen LogP contribution in [0.25, 0.3) is 0 Å². The SMILES string of the molecule is CCCCC(N)(C(=O)O)C(=O)Cc1ccccc1. The van der Waals surface area contributed by atoms with Crippen LogP contribution >= 0.6 is 0 Å². The van der Waals surface area contributed by atoms with Gasteiger partial charge in [0.1, 0.15) is 0 Å². The second kappa shape index (κ2) is 6.31. The van der Waals surface area contributed by atoms with Crippen LogP contribution < -0.4 is 5.73 Å². The molecule has 1 atom stereocenters. The average Bonchev–Trinajstić information content (AvgIpc) is 2.36. The number of benzene rings is 1. The summed E-state index contributed by atoms with van der Waals surface area (Å²) in [6, 6.07) is 9.05. The van der Waals surface area contributed by atoms with Crippen LogP contribution in [-0.4, -0.2) is 22.4 Å². The molecule has 0 radical (unpaired) electrons. The summed E-state index contributed by atoms with van der Waals surface area (Å²) in [6.07, 6.45) is 1.69. The second-order valence-electron chi connectivity index (χ2n) is 4.47. The van der Waals surface area contributed by atoms with E-state index < -0.39 is 17.3 Å². The molecular weight excluding hydrogens is 230 g/mol. The molecule has 0 aliphatic rings. The lowest BCUT2D eigenvalue weighted by Crippen LogP contribution is -2.55. The molecule has 18 heavy (non-hydrogen) atoms. The van der Waals surface area contributed by atoms with Gasteiger partial charge in [-0.05, 0) is 12.0 Å². The first-order chi connectivity index (χ1) is 8.50. The third-order valence-corrected chi connectivity index (χ3v) is 3.01. The maximum absolute atomic E-state index is 12.1. The molecule has 0 saturated heterocycles. The Bertz CT molecular complexity index is 416. The molecule has 0 spiro atoms. The van der Waals surface area contributed by atoms with Gasteiger partial charge in [0.15, 0.2) is 11.3 Å². The maximum atomic E-state index is 12.1. The molecule has 1 rings (SSSR count). The van der Waals surface area contributed by atoms with Gasteiger partial charge in [-0.3, -0.25) is 4.79 Å². The van der Waals surface area contributed by atoms with E-state index in [0.717, 1.165) is 12.0 Å². The molecule has 1 aromatic rings. The summed E-state index contributed by atoms with van der Waals surface area (Å²) < 4.78 is 0. The number of rotatable bonds is 7. The lowest BCUT2D eigenvalue weighted by Gasteiger charge is -2.23. The number of aliphatic carboxylic acids is 1. The van der Waals surface area contributed by atoms with E-state index in [-0.39, 0.29) is 12.8 Å². The van der Waals surface area contributed by atoms with Crippen molar-refractivity contribution >= 4 is 11.8 Å². The lowest BCUT2D eigenvalue weighted by molar-refractivity contribution is -0.148. The van der Waals surface area contributed by atoms with Crippen molar-refractivity contribution in [3.63, 3.8) is 0 Å². The van der Waals surface area contributed by atoms with Gasteiger partial charge in [0.05, 0.1) is 0 Å². The van der Waals surface area contributed by atoms with Gasteiger partial charge in [-0.2, -0.15) is 0 Å². The number of carboxylic acid groups (broad SMARTS) is 1. The molecule has 0 fully saturated rings. The predicted molar refractivity (Wildman–Crippen MR) is 69.2 cm³/mol. The van der Waals surface area contributed by atoms with E-state index in [9.17, 15) is 9.59 Å². The normalized spacial score (nSPS) is 13.9. The highest BCUT2D eigenvalue weighted by Crippen LogP contribution is 2.16. The van der Waals surface area contributed by atoms with Gasteiger partial charge in [-0.15, -0.1) is 0 Å². The number of hydrogen-bond acceptors (Lipinski definition) is 3. The molecule has 0 aliphatic heterocycles. The summed E-state index contributed by atoms with van der Waals surface area (Å²) in [6.45, 7) is 1.93. The molecule has 0 aliphatic carbocycles. The van der Waals surface area contributed by atoms with Gasteiger partial charge >= 0.3 is 5.97 Å². The van der Waals surface area contributed by atoms with Crippen LogP contribution in [0.3, 0.4) is 0 Å². The smallest absolute Gasteiger partial charge is 0.331 e. The Balaban J connectivity index is 2.80. The number of carboxylic acids is 1. The molecule has 0 saturated carbocycles. The fourth-order valence-electron chi connectivity index (χ4n) is 1.76. The Morgan fingerprint density at radius 3 is 2.39 bits per heavy atom. The third kappa shape index (κ3) is 3.40. The van der Waals surface area contributed by atoms with Gasteiger partial charge in [-0.25, -0.2) is 4.79 Å². The zero-order valence-corrected chi connectivity index (χ0v) is 10.6. The minimum absolute atomic E-state index is 0.0629. The molecule has 3 N–H and O–H groups in total. The highest BCUT2D eigenvalue weighted by molar-refractivity contribution is 6.08. The summed E-state index contributed by atoms with van der Waals surface area (Å²) in [5.74, 6) is -1.67. The minimum atomic E-state index is -1.76. The number of nitrogens with two attached hydrogens (primary N) is 1. The highest BCUT2D eigenvalue weighted by Gasteiger charge is 2.40. The molecule has 0 amide bonds. The van der Waals surface area contributed by atoms with Crippen molar-refractivity contribution in [2.24, 2.45) is 5.73 Å². The molecule has 4 nitrogen and oxygen atoms in total. The molecule has 1 aromatic carbocycles. The molecule has 4 heteroatoms. The minimum Gasteiger partial charge on any atom is -0.480 e. The predicted octanol–water partition coefficient (Wildman–Crippen LogP) is 1.77. The Morgan fingerprint density at radius 2 is 1.89 bits per heavy atom. The number of Topliss-reactive ketones (excluding diaryl/α,β-unsaturated/α-hetero) is 1. The highest BCUT2D eigenvalue weighted by atomic mass is 16.4. The maximum Gasteiger partial charge on any atom is 0.331 e. The summed E-state index contributed by atoms with van der Waals surface area (Å²) in [7, 11) is 0. The van der Waals surface area contributed by atoms with Gasteiger partial charge in [0, 0.05) is 6.42 Å². The molecule has 98 valence electrons. The summed E-state index contributed by atoms with van der Waals surface area (Å²) in [5, 5.41) is 9.16. The van der Waals surface area contributed by atoms with Gasteiger partial charge in [0.25, 0.3) is 0 Å². The van der Waals surface area contributed by atoms with Crippen LogP contribution in [0, 0.1) is 0 Å². The van der Waals surface area contributed by atoms with Crippen molar-refractivity contribution in [2.45, 2.75) is 38.1 Å². The number of hydrogen-bond donors (Lipinski definition) is 2. The Labute approximate surface area is 107 Å². The van der Waals surface area contributed by atoms with Crippen LogP contribution in [0.1, 0.15) is 31.7 Å². The fourth-order valence-corrected chi connectivity index (χ4v) is 1.76. The fraction of sp³-hybridized carbons (Fsp3) is 0.429. The quantitative estimate of drug-likeness (QED) is 0.722. The van der Waals surface area contributed by atoms with Crippen molar-refractivity contribution in [1.82, 2.24) is 0 Å². The summed E-state index contributed by atoms with van der Waals surface area (Å²) in [5.41, 5.74) is 4.80. The van der Waals surface area contributed by atoms with Crippen molar-refractivity contribution < 1.29 is 14.7 Å². The van der Waals surface area contributed by atoms with Crippen LogP contribution in [-0.2, 0) is 16.0 Å². The topological polar surface area (TPSA) is 80.4 Å². The molecule has 0 aromatic heterocycles. The lowest BCUT2D eigenvalue weighted by atomic mass is 9.86. The number of ketones is 1. The van der Waals surface area contributed by atoms with E-state index in [1.165, 1.54) is 0 Å². The van der Waals surface area contributed by atoms with Gasteiger partial charge in [0.2, 0.25) is 0 Å². The standard InChI is InChI=1S/C14H19NO3/c1-2-3-9-14(15,13(17)18)12(16)10-11-7-5-4-6-8-11/h4-8H,2-3,9-10,15H2,1H3,(H,17,18). The zero-order valence-electron chi connectivity index (χ0n) is 10.6. The van der Waals surface area contributed by atoms with Crippen molar-refractivity contribution in [2.75, 3.05) is 0 Å². The number of unbranched alkanes of at least 4 members (excludes halogenated alkanes) is 1. The van der Waals surface area contributed by atoms with Crippen LogP contribution in [0.15, 0.2) is 30.3 Å². The first-order valence-electron chi connectivity index (χ1n) is 6.10. The summed E-state index contributed by atoms with van der Waals surface area (Å²) >= 11 is 0. The van der Waals surface area contributed by atoms with E-state index in [1.54, 1.807) is 12.1 Å². The van der Waals surface area contributed by atoms with Crippen molar-refractivity contribution in [3.8, 4) is 0 Å². The molecule has 0 heterocycles. The van der Waals surface area contributed by atoms with E-state index in [0.29, 0.717) is 6.42 Å². The average molecular weight is 249 g/mol. The Kier molecular flexibility index (Phi) is 5.04. The van der Waals surface area contributed by atoms with Crippen LogP contribution in [0.5, 0.6) is 0 Å². The van der Waals surface area contributed by atoms with Gasteiger partial charge in [-0.1, -0.05) is 50.1 Å². The third-order valence-electron chi connectivity index (χ3n) is 3.01. The Morgan fingerprint density at radius 1 is 1.28 bits per heavy atom. The van der Waals surface area contributed by atoms with Gasteiger partial charge < -0.3 is 10.8 Å². The van der Waals surface area contributed by atoms with Crippen LogP contribution in [0.4, 0.5) is 0 Å².